The number of carbonyl (C=O) groups is 2. The van der Waals surface area contributed by atoms with Crippen molar-refractivity contribution in [1.29, 1.82) is 0 Å². The van der Waals surface area contributed by atoms with E-state index in [0.717, 1.165) is 0 Å². The van der Waals surface area contributed by atoms with Crippen molar-refractivity contribution in [1.82, 2.24) is 0 Å². The summed E-state index contributed by atoms with van der Waals surface area (Å²) in [5.41, 5.74) is 0. The molecule has 0 aliphatic carbocycles. The predicted octanol–water partition coefficient (Wildman–Crippen LogP) is 0.253. The largest absolute Gasteiger partial charge is 0.508 e. The highest BCUT2D eigenvalue weighted by molar-refractivity contribution is 6.27. The van der Waals surface area contributed by atoms with Gasteiger partial charge in [-0.1, -0.05) is 0 Å². The van der Waals surface area contributed by atoms with E-state index in [1.807, 2.05) is 0 Å². The minimum absolute atomic E-state index is 0.169. The van der Waals surface area contributed by atoms with Gasteiger partial charge in [0.15, 0.2) is 0 Å². The third-order valence-electron chi connectivity index (χ3n) is 1.03. The molecule has 0 radical (unpaired) electrons. The number of hydrogen-bond acceptors (Lipinski definition) is 4. The lowest BCUT2D eigenvalue weighted by Gasteiger charge is -1.88. The van der Waals surface area contributed by atoms with Crippen LogP contribution in [0.4, 0.5) is 0 Å². The van der Waals surface area contributed by atoms with E-state index in [0.29, 0.717) is 0 Å². The molecule has 0 aromatic heterocycles. The van der Waals surface area contributed by atoms with Crippen molar-refractivity contribution >= 4 is 11.9 Å². The summed E-state index contributed by atoms with van der Waals surface area (Å²) in [6, 6.07) is 5.70. The summed E-state index contributed by atoms with van der Waals surface area (Å²) in [5, 5.41) is 32.1. The number of aliphatic carboxylic acids is 2. The van der Waals surface area contributed by atoms with Crippen LogP contribution in [0.3, 0.4) is 0 Å². The van der Waals surface area contributed by atoms with Crippen LogP contribution in [-0.2, 0) is 9.59 Å². The van der Waals surface area contributed by atoms with Gasteiger partial charge in [-0.05, 0) is 24.3 Å². The summed E-state index contributed by atoms with van der Waals surface area (Å²) in [6.07, 6.45) is 0. The number of rotatable bonds is 0. The van der Waals surface area contributed by atoms with E-state index < -0.39 is 11.9 Å². The van der Waals surface area contributed by atoms with Crippen LogP contribution in [0.1, 0.15) is 0 Å². The van der Waals surface area contributed by atoms with Crippen LogP contribution in [0.15, 0.2) is 24.3 Å². The standard InChI is InChI=1S/C6H6O2.C2H2O4/c7-5-1-2-6(8)4-3-5;3-1(4)2(5)6/h1-4,7-8H;(H,3,4)(H,5,6). The number of phenols is 2. The Kier molecular flexibility index (Phi) is 4.55. The second-order valence-corrected chi connectivity index (χ2v) is 2.13. The molecule has 0 spiro atoms. The molecule has 0 heterocycles. The highest BCUT2D eigenvalue weighted by atomic mass is 16.4. The topological polar surface area (TPSA) is 115 Å². The van der Waals surface area contributed by atoms with E-state index in [9.17, 15) is 0 Å². The molecule has 0 bridgehead atoms. The van der Waals surface area contributed by atoms with Gasteiger partial charge in [0.25, 0.3) is 0 Å². The lowest BCUT2D eigenvalue weighted by molar-refractivity contribution is -0.159. The molecule has 0 saturated carbocycles. The van der Waals surface area contributed by atoms with E-state index in [1.165, 1.54) is 24.3 Å². The van der Waals surface area contributed by atoms with E-state index >= 15 is 0 Å². The molecule has 6 heteroatoms. The maximum atomic E-state index is 9.10. The molecule has 0 aliphatic rings. The van der Waals surface area contributed by atoms with Crippen molar-refractivity contribution in [3.63, 3.8) is 0 Å². The second-order valence-electron chi connectivity index (χ2n) is 2.13. The average Bonchev–Trinajstić information content (AvgIpc) is 2.11. The Hall–Kier alpha value is -2.24. The Morgan fingerprint density at radius 3 is 1.14 bits per heavy atom. The Labute approximate surface area is 78.7 Å². The van der Waals surface area contributed by atoms with E-state index in [1.54, 1.807) is 0 Å². The lowest BCUT2D eigenvalue weighted by Crippen LogP contribution is -2.09. The van der Waals surface area contributed by atoms with Gasteiger partial charge in [-0.25, -0.2) is 9.59 Å². The highest BCUT2D eigenvalue weighted by Gasteiger charge is 2.04. The number of benzene rings is 1. The minimum atomic E-state index is -1.82. The molecular formula is C8H8O6. The van der Waals surface area contributed by atoms with Crippen LogP contribution in [0, 0.1) is 0 Å². The van der Waals surface area contributed by atoms with Crippen molar-refractivity contribution in [3.8, 4) is 11.5 Å². The molecule has 0 atom stereocenters. The minimum Gasteiger partial charge on any atom is -0.508 e. The van der Waals surface area contributed by atoms with Gasteiger partial charge >= 0.3 is 11.9 Å². The van der Waals surface area contributed by atoms with Gasteiger partial charge in [0.05, 0.1) is 0 Å². The van der Waals surface area contributed by atoms with Gasteiger partial charge < -0.3 is 20.4 Å². The Bertz CT molecular complexity index is 282. The van der Waals surface area contributed by atoms with Crippen LogP contribution in [-0.4, -0.2) is 32.4 Å². The van der Waals surface area contributed by atoms with E-state index in [-0.39, 0.29) is 11.5 Å². The fourth-order valence-corrected chi connectivity index (χ4v) is 0.453. The molecule has 0 amide bonds. The number of hydrogen-bond donors (Lipinski definition) is 4. The van der Waals surface area contributed by atoms with Crippen LogP contribution in [0.25, 0.3) is 0 Å². The number of carboxylic acid groups (broad SMARTS) is 2. The first-order chi connectivity index (χ1) is 6.43. The summed E-state index contributed by atoms with van der Waals surface area (Å²) in [5.74, 6) is -3.31. The normalized spacial score (nSPS) is 8.29. The molecule has 14 heavy (non-hydrogen) atoms. The molecule has 1 rings (SSSR count). The molecule has 0 fully saturated rings. The molecular weight excluding hydrogens is 192 g/mol. The predicted molar refractivity (Wildman–Crippen MR) is 45.0 cm³/mol. The van der Waals surface area contributed by atoms with Crippen molar-refractivity contribution in [2.45, 2.75) is 0 Å². The summed E-state index contributed by atoms with van der Waals surface area (Å²) >= 11 is 0. The van der Waals surface area contributed by atoms with Crippen molar-refractivity contribution in [2.24, 2.45) is 0 Å². The zero-order valence-electron chi connectivity index (χ0n) is 6.91. The summed E-state index contributed by atoms with van der Waals surface area (Å²) < 4.78 is 0. The number of phenolic OH excluding ortho intramolecular Hbond substituents is 2. The van der Waals surface area contributed by atoms with Crippen LogP contribution < -0.4 is 0 Å². The SMILES string of the molecule is O=C(O)C(=O)O.Oc1ccc(O)cc1. The summed E-state index contributed by atoms with van der Waals surface area (Å²) in [4.78, 5) is 18.2. The molecule has 76 valence electrons. The maximum absolute atomic E-state index is 9.10. The molecule has 4 N–H and O–H groups in total. The van der Waals surface area contributed by atoms with Crippen molar-refractivity contribution in [3.05, 3.63) is 24.3 Å². The van der Waals surface area contributed by atoms with Crippen LogP contribution in [0.2, 0.25) is 0 Å². The fourth-order valence-electron chi connectivity index (χ4n) is 0.453. The summed E-state index contributed by atoms with van der Waals surface area (Å²) in [7, 11) is 0. The van der Waals surface area contributed by atoms with Gasteiger partial charge in [0.2, 0.25) is 0 Å². The van der Waals surface area contributed by atoms with Gasteiger partial charge in [0.1, 0.15) is 11.5 Å². The summed E-state index contributed by atoms with van der Waals surface area (Å²) in [6.45, 7) is 0. The van der Waals surface area contributed by atoms with Gasteiger partial charge in [-0.3, -0.25) is 0 Å². The van der Waals surface area contributed by atoms with Gasteiger partial charge in [0, 0.05) is 0 Å². The average molecular weight is 200 g/mol. The molecule has 1 aromatic carbocycles. The molecule has 0 unspecified atom stereocenters. The zero-order valence-corrected chi connectivity index (χ0v) is 6.91. The van der Waals surface area contributed by atoms with Gasteiger partial charge in [-0.15, -0.1) is 0 Å². The number of aromatic hydroxyl groups is 2. The van der Waals surface area contributed by atoms with Crippen LogP contribution >= 0.6 is 0 Å². The molecule has 6 nitrogen and oxygen atoms in total. The Morgan fingerprint density at radius 1 is 0.786 bits per heavy atom. The first kappa shape index (κ1) is 11.8. The molecule has 0 saturated heterocycles. The third-order valence-corrected chi connectivity index (χ3v) is 1.03. The quantitative estimate of drug-likeness (QED) is 0.352. The Balaban J connectivity index is 0.000000255. The first-order valence-electron chi connectivity index (χ1n) is 3.37. The number of carboxylic acids is 2. The van der Waals surface area contributed by atoms with E-state index in [2.05, 4.69) is 0 Å². The van der Waals surface area contributed by atoms with Crippen LogP contribution in [0.5, 0.6) is 11.5 Å². The zero-order chi connectivity index (χ0) is 11.1. The first-order valence-corrected chi connectivity index (χ1v) is 3.37. The van der Waals surface area contributed by atoms with Crippen molar-refractivity contribution in [2.75, 3.05) is 0 Å². The van der Waals surface area contributed by atoms with E-state index in [4.69, 9.17) is 30.0 Å². The molecule has 0 aliphatic heterocycles. The lowest BCUT2D eigenvalue weighted by atomic mass is 10.3. The maximum Gasteiger partial charge on any atom is 0.414 e. The smallest absolute Gasteiger partial charge is 0.414 e. The van der Waals surface area contributed by atoms with Crippen molar-refractivity contribution < 1.29 is 30.0 Å². The monoisotopic (exact) mass is 200 g/mol. The highest BCUT2D eigenvalue weighted by Crippen LogP contribution is 2.13. The molecule has 1 aromatic rings. The van der Waals surface area contributed by atoms with Gasteiger partial charge in [-0.2, -0.15) is 0 Å². The second kappa shape index (κ2) is 5.41. The fraction of sp³-hybridized carbons (Fsp3) is 0. The Morgan fingerprint density at radius 2 is 1.00 bits per heavy atom. The third kappa shape index (κ3) is 5.42.